The van der Waals surface area contributed by atoms with E-state index in [0.717, 1.165) is 6.42 Å². The zero-order chi connectivity index (χ0) is 14.6. The molecule has 7 heteroatoms. The molecule has 1 aromatic heterocycles. The van der Waals surface area contributed by atoms with Crippen LogP contribution in [0.5, 0.6) is 5.88 Å². The number of carboxylic acids is 1. The summed E-state index contributed by atoms with van der Waals surface area (Å²) in [6.45, 7) is 5.38. The van der Waals surface area contributed by atoms with Gasteiger partial charge in [-0.15, -0.1) is 0 Å². The van der Waals surface area contributed by atoms with Crippen LogP contribution < -0.4 is 9.64 Å². The highest BCUT2D eigenvalue weighted by molar-refractivity contribution is 5.68. The van der Waals surface area contributed by atoms with Crippen molar-refractivity contribution in [1.29, 1.82) is 0 Å². The van der Waals surface area contributed by atoms with Gasteiger partial charge in [0, 0.05) is 12.3 Å². The van der Waals surface area contributed by atoms with Gasteiger partial charge in [0.25, 0.3) is 0 Å². The van der Waals surface area contributed by atoms with E-state index < -0.39 is 11.6 Å². The summed E-state index contributed by atoms with van der Waals surface area (Å²) in [5.74, 6) is 0.169. The SMILES string of the molecule is CCCOc1ccnc(N2CC(C)(OCC(=O)O)C2)n1. The summed E-state index contributed by atoms with van der Waals surface area (Å²) >= 11 is 0. The second-order valence-corrected chi connectivity index (χ2v) is 5.03. The Kier molecular flexibility index (Phi) is 4.39. The van der Waals surface area contributed by atoms with E-state index in [1.165, 1.54) is 0 Å². The summed E-state index contributed by atoms with van der Waals surface area (Å²) in [4.78, 5) is 20.9. The number of anilines is 1. The zero-order valence-corrected chi connectivity index (χ0v) is 11.7. The van der Waals surface area contributed by atoms with Gasteiger partial charge in [-0.05, 0) is 13.3 Å². The van der Waals surface area contributed by atoms with Crippen LogP contribution in [0.2, 0.25) is 0 Å². The van der Waals surface area contributed by atoms with E-state index in [4.69, 9.17) is 14.6 Å². The Morgan fingerprint density at radius 1 is 1.55 bits per heavy atom. The third-order valence-corrected chi connectivity index (χ3v) is 2.95. The van der Waals surface area contributed by atoms with Gasteiger partial charge in [0.15, 0.2) is 0 Å². The molecule has 110 valence electrons. The smallest absolute Gasteiger partial charge is 0.329 e. The first-order valence-corrected chi connectivity index (χ1v) is 6.59. The molecule has 2 rings (SSSR count). The molecule has 7 nitrogen and oxygen atoms in total. The van der Waals surface area contributed by atoms with Crippen molar-refractivity contribution in [2.45, 2.75) is 25.9 Å². The molecule has 0 amide bonds. The van der Waals surface area contributed by atoms with E-state index in [1.54, 1.807) is 12.3 Å². The molecule has 0 bridgehead atoms. The molecular weight excluding hydrogens is 262 g/mol. The zero-order valence-electron chi connectivity index (χ0n) is 11.7. The van der Waals surface area contributed by atoms with Crippen LogP contribution in [0.4, 0.5) is 5.95 Å². The van der Waals surface area contributed by atoms with Gasteiger partial charge in [0.05, 0.1) is 19.7 Å². The Morgan fingerprint density at radius 3 is 2.95 bits per heavy atom. The topological polar surface area (TPSA) is 84.8 Å². The summed E-state index contributed by atoms with van der Waals surface area (Å²) in [5, 5.41) is 8.62. The van der Waals surface area contributed by atoms with Gasteiger partial charge in [-0.25, -0.2) is 9.78 Å². The first-order valence-electron chi connectivity index (χ1n) is 6.59. The Morgan fingerprint density at radius 2 is 2.30 bits per heavy atom. The number of aliphatic carboxylic acids is 1. The Balaban J connectivity index is 1.90. The molecule has 1 aliphatic rings. The van der Waals surface area contributed by atoms with Gasteiger partial charge in [-0.3, -0.25) is 0 Å². The minimum atomic E-state index is -0.962. The van der Waals surface area contributed by atoms with Gasteiger partial charge in [-0.1, -0.05) is 6.92 Å². The Labute approximate surface area is 117 Å². The second-order valence-electron chi connectivity index (χ2n) is 5.03. The third kappa shape index (κ3) is 3.57. The molecule has 0 aliphatic carbocycles. The maximum atomic E-state index is 10.5. The van der Waals surface area contributed by atoms with Crippen LogP contribution in [-0.2, 0) is 9.53 Å². The molecule has 0 radical (unpaired) electrons. The summed E-state index contributed by atoms with van der Waals surface area (Å²) in [5.41, 5.74) is -0.456. The lowest BCUT2D eigenvalue weighted by Crippen LogP contribution is -2.62. The molecule has 1 fully saturated rings. The number of carbonyl (C=O) groups is 1. The molecule has 0 unspecified atom stereocenters. The van der Waals surface area contributed by atoms with Gasteiger partial charge >= 0.3 is 5.97 Å². The van der Waals surface area contributed by atoms with Gasteiger partial charge in [-0.2, -0.15) is 4.98 Å². The van der Waals surface area contributed by atoms with E-state index in [1.807, 2.05) is 18.7 Å². The highest BCUT2D eigenvalue weighted by Gasteiger charge is 2.41. The van der Waals surface area contributed by atoms with Crippen LogP contribution in [0.3, 0.4) is 0 Å². The van der Waals surface area contributed by atoms with Crippen molar-refractivity contribution in [3.63, 3.8) is 0 Å². The lowest BCUT2D eigenvalue weighted by atomic mass is 9.97. The van der Waals surface area contributed by atoms with E-state index in [0.29, 0.717) is 31.5 Å². The van der Waals surface area contributed by atoms with Gasteiger partial charge in [0.1, 0.15) is 12.2 Å². The van der Waals surface area contributed by atoms with E-state index in [9.17, 15) is 4.79 Å². The molecule has 0 spiro atoms. The van der Waals surface area contributed by atoms with Crippen LogP contribution >= 0.6 is 0 Å². The number of hydrogen-bond donors (Lipinski definition) is 1. The number of carboxylic acid groups (broad SMARTS) is 1. The maximum Gasteiger partial charge on any atom is 0.329 e. The normalized spacial score (nSPS) is 16.6. The molecule has 20 heavy (non-hydrogen) atoms. The molecule has 0 aromatic carbocycles. The summed E-state index contributed by atoms with van der Waals surface area (Å²) in [6, 6.07) is 1.72. The van der Waals surface area contributed by atoms with Crippen LogP contribution in [0.1, 0.15) is 20.3 Å². The summed E-state index contributed by atoms with van der Waals surface area (Å²) in [7, 11) is 0. The number of ether oxygens (including phenoxy) is 2. The number of hydrogen-bond acceptors (Lipinski definition) is 6. The fraction of sp³-hybridized carbons (Fsp3) is 0.615. The lowest BCUT2D eigenvalue weighted by Gasteiger charge is -2.47. The maximum absolute atomic E-state index is 10.5. The highest BCUT2D eigenvalue weighted by Crippen LogP contribution is 2.28. The first-order chi connectivity index (χ1) is 9.52. The van der Waals surface area contributed by atoms with E-state index in [-0.39, 0.29) is 6.61 Å². The van der Waals surface area contributed by atoms with Crippen molar-refractivity contribution < 1.29 is 19.4 Å². The van der Waals surface area contributed by atoms with Crippen molar-refractivity contribution in [3.8, 4) is 5.88 Å². The highest BCUT2D eigenvalue weighted by atomic mass is 16.5. The molecular formula is C13H19N3O4. The van der Waals surface area contributed by atoms with Crippen LogP contribution in [0.15, 0.2) is 12.3 Å². The van der Waals surface area contributed by atoms with Crippen molar-refractivity contribution in [1.82, 2.24) is 9.97 Å². The first kappa shape index (κ1) is 14.5. The van der Waals surface area contributed by atoms with E-state index >= 15 is 0 Å². The Bertz CT molecular complexity index is 474. The Hall–Kier alpha value is -1.89. The molecule has 1 aromatic rings. The monoisotopic (exact) mass is 281 g/mol. The molecule has 1 saturated heterocycles. The van der Waals surface area contributed by atoms with Crippen LogP contribution in [0.25, 0.3) is 0 Å². The van der Waals surface area contributed by atoms with Gasteiger partial charge < -0.3 is 19.5 Å². The average molecular weight is 281 g/mol. The van der Waals surface area contributed by atoms with Crippen molar-refractivity contribution in [3.05, 3.63) is 12.3 Å². The third-order valence-electron chi connectivity index (χ3n) is 2.95. The fourth-order valence-electron chi connectivity index (χ4n) is 2.00. The fourth-order valence-corrected chi connectivity index (χ4v) is 2.00. The van der Waals surface area contributed by atoms with Crippen LogP contribution in [-0.4, -0.2) is 52.9 Å². The minimum absolute atomic E-state index is 0.287. The number of rotatable bonds is 7. The standard InChI is InChI=1S/C13H19N3O4/c1-3-6-19-10-4-5-14-12(15-10)16-8-13(2,9-16)20-7-11(17)18/h4-5H,3,6-9H2,1-2H3,(H,17,18). The molecule has 0 saturated carbocycles. The summed E-state index contributed by atoms with van der Waals surface area (Å²) < 4.78 is 10.8. The average Bonchev–Trinajstić information content (AvgIpc) is 2.40. The molecule has 1 aliphatic heterocycles. The van der Waals surface area contributed by atoms with Crippen molar-refractivity contribution in [2.75, 3.05) is 31.2 Å². The molecule has 0 atom stereocenters. The quantitative estimate of drug-likeness (QED) is 0.796. The summed E-state index contributed by atoms with van der Waals surface area (Å²) in [6.07, 6.45) is 2.57. The predicted octanol–water partition coefficient (Wildman–Crippen LogP) is 0.945. The van der Waals surface area contributed by atoms with E-state index in [2.05, 4.69) is 9.97 Å². The number of nitrogens with zero attached hydrogens (tertiary/aromatic N) is 3. The van der Waals surface area contributed by atoms with Gasteiger partial charge in [0.2, 0.25) is 11.8 Å². The van der Waals surface area contributed by atoms with Crippen LogP contribution in [0, 0.1) is 0 Å². The van der Waals surface area contributed by atoms with Crippen molar-refractivity contribution in [2.24, 2.45) is 0 Å². The number of aromatic nitrogens is 2. The largest absolute Gasteiger partial charge is 0.480 e. The van der Waals surface area contributed by atoms with Crippen molar-refractivity contribution >= 4 is 11.9 Å². The molecule has 1 N–H and O–H groups in total. The molecule has 2 heterocycles. The minimum Gasteiger partial charge on any atom is -0.480 e. The lowest BCUT2D eigenvalue weighted by molar-refractivity contribution is -0.150. The predicted molar refractivity (Wildman–Crippen MR) is 72.0 cm³/mol. The second kappa shape index (κ2) is 6.04.